The lowest BCUT2D eigenvalue weighted by molar-refractivity contribution is -0.275. The lowest BCUT2D eigenvalue weighted by Crippen LogP contribution is -2.79. The Hall–Kier alpha value is -2.31. The molecule has 3 aliphatic carbocycles. The summed E-state index contributed by atoms with van der Waals surface area (Å²) in [5, 5.41) is 19.7. The first kappa shape index (κ1) is 34.5. The largest absolute Gasteiger partial charge is 0.469 e. The molecule has 51 heavy (non-hydrogen) atoms. The molecule has 0 bridgehead atoms. The van der Waals surface area contributed by atoms with Crippen LogP contribution in [0.4, 0.5) is 0 Å². The monoisotopic (exact) mass is 708 g/mol. The van der Waals surface area contributed by atoms with Crippen molar-refractivity contribution >= 4 is 17.7 Å². The van der Waals surface area contributed by atoms with Crippen LogP contribution in [-0.2, 0) is 39.8 Å². The summed E-state index contributed by atoms with van der Waals surface area (Å²) in [5.74, 6) is -1.12. The van der Waals surface area contributed by atoms with E-state index in [1.165, 1.54) is 12.8 Å². The summed E-state index contributed by atoms with van der Waals surface area (Å²) in [5.41, 5.74) is -3.77. The predicted molar refractivity (Wildman–Crippen MR) is 183 cm³/mol. The van der Waals surface area contributed by atoms with E-state index >= 15 is 4.79 Å². The molecule has 5 aliphatic heterocycles. The molecule has 0 radical (unpaired) electrons. The molecule has 11 nitrogen and oxygen atoms in total. The number of ketones is 1. The Kier molecular flexibility index (Phi) is 8.18. The fourth-order valence-corrected chi connectivity index (χ4v) is 13.6. The normalized spacial score (nSPS) is 45.6. The van der Waals surface area contributed by atoms with Gasteiger partial charge >= 0.3 is 11.9 Å². The number of aliphatic hydroxyl groups is 1. The first-order valence-corrected chi connectivity index (χ1v) is 20.0. The van der Waals surface area contributed by atoms with Gasteiger partial charge in [-0.15, -0.1) is 0 Å². The Morgan fingerprint density at radius 3 is 2.55 bits per heavy atom. The second kappa shape index (κ2) is 12.1. The molecule has 6 heterocycles. The van der Waals surface area contributed by atoms with Gasteiger partial charge in [0.15, 0.2) is 11.9 Å². The summed E-state index contributed by atoms with van der Waals surface area (Å²) in [6.45, 7) is 8.01. The van der Waals surface area contributed by atoms with Gasteiger partial charge in [-0.25, -0.2) is 4.79 Å². The van der Waals surface area contributed by atoms with Crippen molar-refractivity contribution in [3.63, 3.8) is 0 Å². The Balaban J connectivity index is 1.09. The van der Waals surface area contributed by atoms with Crippen LogP contribution in [0.2, 0.25) is 0 Å². The zero-order chi connectivity index (χ0) is 35.4. The summed E-state index contributed by atoms with van der Waals surface area (Å²) >= 11 is 0. The SMILES string of the molecule is CC1(C)O[C@H]2CC(=O)OC[C@@]23[C@@H]1C(=O)[C@@H](O)[C@]1(C2CCCCC2)[C@@H]3CC[C@@]2(C)[C@H](c3ccoc3CCCCCC[C@H]3CNCN3)OC(=O)[C@H]3O[C@@]312. The number of nitrogens with one attached hydrogen (secondary N) is 2. The van der Waals surface area contributed by atoms with Gasteiger partial charge < -0.3 is 39.1 Å². The highest BCUT2D eigenvalue weighted by Gasteiger charge is 2.92. The number of fused-ring (bicyclic) bond motifs is 1. The van der Waals surface area contributed by atoms with E-state index in [2.05, 4.69) is 17.6 Å². The minimum absolute atomic E-state index is 0.0530. The quantitative estimate of drug-likeness (QED) is 0.187. The van der Waals surface area contributed by atoms with Gasteiger partial charge in [-0.1, -0.05) is 45.4 Å². The zero-order valence-electron chi connectivity index (χ0n) is 30.5. The number of esters is 2. The van der Waals surface area contributed by atoms with E-state index in [1.54, 1.807) is 6.26 Å². The summed E-state index contributed by atoms with van der Waals surface area (Å²) < 4.78 is 32.0. The van der Waals surface area contributed by atoms with Crippen molar-refractivity contribution in [2.45, 2.75) is 152 Å². The maximum Gasteiger partial charge on any atom is 0.339 e. The molecular formula is C40H56N2O9. The summed E-state index contributed by atoms with van der Waals surface area (Å²) in [4.78, 5) is 42.0. The van der Waals surface area contributed by atoms with Gasteiger partial charge in [0.25, 0.3) is 0 Å². The number of cyclic esters (lactones) is 2. The molecule has 0 amide bonds. The molecule has 1 aromatic rings. The first-order valence-electron chi connectivity index (χ1n) is 20.0. The molecule has 3 saturated carbocycles. The van der Waals surface area contributed by atoms with E-state index in [1.807, 2.05) is 19.9 Å². The average Bonchev–Trinajstić information content (AvgIpc) is 3.36. The van der Waals surface area contributed by atoms with Crippen molar-refractivity contribution in [3.8, 4) is 0 Å². The van der Waals surface area contributed by atoms with E-state index in [-0.39, 0.29) is 36.6 Å². The number of Topliss-reactive ketones (excluding diaryl/α,β-unsaturated/α-hetero) is 1. The highest BCUT2D eigenvalue weighted by atomic mass is 16.7. The van der Waals surface area contributed by atoms with Crippen molar-refractivity contribution in [3.05, 3.63) is 23.7 Å². The fraction of sp³-hybridized carbons (Fsp3) is 0.825. The van der Waals surface area contributed by atoms with E-state index in [4.69, 9.17) is 23.4 Å². The van der Waals surface area contributed by atoms with Crippen molar-refractivity contribution in [1.82, 2.24) is 10.6 Å². The molecule has 5 saturated heterocycles. The minimum Gasteiger partial charge on any atom is -0.469 e. The molecule has 3 N–H and O–H groups in total. The zero-order valence-corrected chi connectivity index (χ0v) is 30.5. The van der Waals surface area contributed by atoms with Crippen LogP contribution in [0.3, 0.4) is 0 Å². The maximum atomic E-state index is 15.0. The number of furan rings is 1. The van der Waals surface area contributed by atoms with E-state index in [0.29, 0.717) is 18.9 Å². The average molecular weight is 709 g/mol. The Morgan fingerprint density at radius 2 is 1.76 bits per heavy atom. The first-order chi connectivity index (χ1) is 24.5. The highest BCUT2D eigenvalue weighted by Crippen LogP contribution is 2.82. The highest BCUT2D eigenvalue weighted by molar-refractivity contribution is 5.92. The molecule has 9 rings (SSSR count). The molecular weight excluding hydrogens is 652 g/mol. The molecule has 0 unspecified atom stereocenters. The predicted octanol–water partition coefficient (Wildman–Crippen LogP) is 4.68. The van der Waals surface area contributed by atoms with Crippen LogP contribution in [-0.4, -0.2) is 78.2 Å². The van der Waals surface area contributed by atoms with E-state index in [0.717, 1.165) is 82.3 Å². The Morgan fingerprint density at radius 1 is 0.961 bits per heavy atom. The number of carbonyl (C=O) groups excluding carboxylic acids is 3. The van der Waals surface area contributed by atoms with Crippen LogP contribution in [0, 0.1) is 34.0 Å². The number of carbonyl (C=O) groups is 3. The molecule has 8 aliphatic rings. The molecule has 11 atom stereocenters. The van der Waals surface area contributed by atoms with Crippen LogP contribution in [0.15, 0.2) is 16.7 Å². The molecule has 2 spiro atoms. The van der Waals surface area contributed by atoms with Crippen molar-refractivity contribution in [2.24, 2.45) is 34.0 Å². The van der Waals surface area contributed by atoms with Crippen LogP contribution in [0.5, 0.6) is 0 Å². The van der Waals surface area contributed by atoms with Crippen LogP contribution >= 0.6 is 0 Å². The van der Waals surface area contributed by atoms with E-state index < -0.39 is 63.8 Å². The van der Waals surface area contributed by atoms with Gasteiger partial charge in [0.2, 0.25) is 0 Å². The molecule has 8 fully saturated rings. The number of epoxide rings is 1. The van der Waals surface area contributed by atoms with Crippen LogP contribution in [0.25, 0.3) is 0 Å². The third-order valence-electron chi connectivity index (χ3n) is 15.4. The number of hydrogen-bond donors (Lipinski definition) is 3. The second-order valence-corrected chi connectivity index (χ2v) is 18.0. The minimum atomic E-state index is -1.35. The van der Waals surface area contributed by atoms with Gasteiger partial charge in [0, 0.05) is 47.5 Å². The number of rotatable bonds is 9. The number of aryl methyl sites for hydroxylation is 1. The summed E-state index contributed by atoms with van der Waals surface area (Å²) in [7, 11) is 0. The number of aliphatic hydroxyl groups excluding tert-OH is 1. The van der Waals surface area contributed by atoms with Crippen molar-refractivity contribution in [1.29, 1.82) is 0 Å². The molecule has 1 aromatic heterocycles. The topological polar surface area (TPSA) is 149 Å². The Bertz CT molecular complexity index is 1560. The molecule has 11 heteroatoms. The summed E-state index contributed by atoms with van der Waals surface area (Å²) in [6, 6.07) is 2.51. The van der Waals surface area contributed by atoms with Crippen molar-refractivity contribution < 1.29 is 42.9 Å². The van der Waals surface area contributed by atoms with Gasteiger partial charge in [-0.05, 0) is 70.3 Å². The van der Waals surface area contributed by atoms with Crippen molar-refractivity contribution in [2.75, 3.05) is 19.8 Å². The van der Waals surface area contributed by atoms with Gasteiger partial charge in [-0.2, -0.15) is 0 Å². The standard InChI is InChI=1S/C40H56N2O9/c1-36(2)31-30(44)32(45)39(23-11-7-6-8-12-23)27(38(31)21-48-29(43)19-28(38)50-36)15-17-37(3)33(49-35(46)34-40(37,39)51-34)25-16-18-47-26(25)14-10-5-4-9-13-24-20-41-22-42-24/h16,18,23-24,27-28,31-34,41-42,45H,4-15,17,19-22H2,1-3H3/t24-,27+,28-,31+,32+,33-,34+,37-,38-,39-,40+/m0/s1. The lowest BCUT2D eigenvalue weighted by atomic mass is 9.33. The lowest BCUT2D eigenvalue weighted by Gasteiger charge is -2.70. The third-order valence-corrected chi connectivity index (χ3v) is 15.4. The summed E-state index contributed by atoms with van der Waals surface area (Å²) in [6.07, 6.45) is 10.8. The van der Waals surface area contributed by atoms with Gasteiger partial charge in [0.1, 0.15) is 30.2 Å². The number of hydrogen-bond acceptors (Lipinski definition) is 11. The van der Waals surface area contributed by atoms with E-state index in [9.17, 15) is 14.7 Å². The van der Waals surface area contributed by atoms with Crippen LogP contribution < -0.4 is 10.6 Å². The van der Waals surface area contributed by atoms with Crippen LogP contribution in [0.1, 0.15) is 122 Å². The smallest absolute Gasteiger partial charge is 0.339 e. The van der Waals surface area contributed by atoms with Gasteiger partial charge in [-0.3, -0.25) is 9.59 Å². The third kappa shape index (κ3) is 4.56. The maximum absolute atomic E-state index is 15.0. The molecule has 0 aromatic carbocycles. The number of unbranched alkanes of at least 4 members (excludes halogenated alkanes) is 3. The second-order valence-electron chi connectivity index (χ2n) is 18.0. The Labute approximate surface area is 300 Å². The molecule has 280 valence electrons. The fourth-order valence-electron chi connectivity index (χ4n) is 13.6. The number of ether oxygens (including phenoxy) is 4. The van der Waals surface area contributed by atoms with Gasteiger partial charge in [0.05, 0.1) is 30.3 Å².